The van der Waals surface area contributed by atoms with Gasteiger partial charge in [-0.2, -0.15) is 0 Å². The highest BCUT2D eigenvalue weighted by Crippen LogP contribution is 2.81. The molecule has 200 valence electrons. The molecule has 5 fully saturated rings. The Morgan fingerprint density at radius 2 is 1.23 bits per heavy atom. The molecule has 0 radical (unpaired) electrons. The maximum absolute atomic E-state index is 11.9. The smallest absolute Gasteiger partial charge is 0.302 e. The van der Waals surface area contributed by atoms with Crippen LogP contribution in [0.2, 0.25) is 0 Å². The standard InChI is InChI=1S/C33H56O2/c1-22-24(35-23(2)34)11-13-30(7)25-12-14-31(8)26-21-27(3,4)15-16-28(26,5)17-20-33(31,10)32(25,9)19-18-29(22,30)6/h22,24-26H,11-21H2,1-10H3/t22-,24-,25-,26+,28+,29+,30+,31-,32+,33+/m0/s1. The predicted molar refractivity (Wildman–Crippen MR) is 145 cm³/mol. The van der Waals surface area contributed by atoms with Gasteiger partial charge in [0, 0.05) is 6.92 Å². The van der Waals surface area contributed by atoms with Crippen LogP contribution in [0.3, 0.4) is 0 Å². The second-order valence-electron chi connectivity index (χ2n) is 16.6. The molecule has 5 aliphatic carbocycles. The summed E-state index contributed by atoms with van der Waals surface area (Å²) in [7, 11) is 0. The Hall–Kier alpha value is -0.530. The van der Waals surface area contributed by atoms with Crippen LogP contribution in [-0.2, 0) is 9.53 Å². The van der Waals surface area contributed by atoms with Crippen molar-refractivity contribution in [3.63, 3.8) is 0 Å². The van der Waals surface area contributed by atoms with Crippen molar-refractivity contribution >= 4 is 5.97 Å². The van der Waals surface area contributed by atoms with Crippen molar-refractivity contribution < 1.29 is 9.53 Å². The van der Waals surface area contributed by atoms with Crippen molar-refractivity contribution in [1.82, 2.24) is 0 Å². The van der Waals surface area contributed by atoms with E-state index in [1.54, 1.807) is 6.92 Å². The minimum absolute atomic E-state index is 0.0965. The summed E-state index contributed by atoms with van der Waals surface area (Å²) < 4.78 is 5.90. The van der Waals surface area contributed by atoms with Gasteiger partial charge in [-0.1, -0.05) is 62.3 Å². The first-order chi connectivity index (χ1) is 16.0. The summed E-state index contributed by atoms with van der Waals surface area (Å²) in [6.07, 6.45) is 14.9. The summed E-state index contributed by atoms with van der Waals surface area (Å²) in [6, 6.07) is 0. The summed E-state index contributed by atoms with van der Waals surface area (Å²) in [5.74, 6) is 1.96. The van der Waals surface area contributed by atoms with Crippen molar-refractivity contribution in [2.45, 2.75) is 146 Å². The Morgan fingerprint density at radius 1 is 0.657 bits per heavy atom. The molecule has 0 N–H and O–H groups in total. The van der Waals surface area contributed by atoms with Gasteiger partial charge in [0.1, 0.15) is 6.10 Å². The number of hydrogen-bond acceptors (Lipinski definition) is 2. The van der Waals surface area contributed by atoms with E-state index in [-0.39, 0.29) is 17.5 Å². The third kappa shape index (κ3) is 3.16. The minimum atomic E-state index is -0.101. The first kappa shape index (κ1) is 26.1. The molecule has 5 rings (SSSR count). The summed E-state index contributed by atoms with van der Waals surface area (Å²) in [6.45, 7) is 25.3. The first-order valence-corrected chi connectivity index (χ1v) is 15.2. The van der Waals surface area contributed by atoms with Crippen LogP contribution in [0.15, 0.2) is 0 Å². The number of fused-ring (bicyclic) bond motifs is 7. The van der Waals surface area contributed by atoms with Crippen LogP contribution in [0, 0.1) is 55.7 Å². The van der Waals surface area contributed by atoms with Crippen molar-refractivity contribution in [3.05, 3.63) is 0 Å². The van der Waals surface area contributed by atoms with Crippen LogP contribution in [0.4, 0.5) is 0 Å². The highest BCUT2D eigenvalue weighted by atomic mass is 16.5. The van der Waals surface area contributed by atoms with Gasteiger partial charge >= 0.3 is 5.97 Å². The summed E-state index contributed by atoms with van der Waals surface area (Å²) in [4.78, 5) is 11.9. The van der Waals surface area contributed by atoms with Gasteiger partial charge in [-0.15, -0.1) is 0 Å². The molecule has 35 heavy (non-hydrogen) atoms. The van der Waals surface area contributed by atoms with Crippen LogP contribution in [-0.4, -0.2) is 12.1 Å². The topological polar surface area (TPSA) is 26.3 Å². The lowest BCUT2D eigenvalue weighted by Crippen LogP contribution is -2.71. The van der Waals surface area contributed by atoms with Crippen LogP contribution >= 0.6 is 0 Å². The number of carbonyl (C=O) groups is 1. The molecule has 0 unspecified atom stereocenters. The van der Waals surface area contributed by atoms with E-state index in [0.717, 1.165) is 18.3 Å². The van der Waals surface area contributed by atoms with Crippen LogP contribution in [0.25, 0.3) is 0 Å². The average Bonchev–Trinajstić information content (AvgIpc) is 2.76. The number of rotatable bonds is 1. The molecule has 0 heterocycles. The third-order valence-electron chi connectivity index (χ3n) is 15.2. The monoisotopic (exact) mass is 484 g/mol. The largest absolute Gasteiger partial charge is 0.462 e. The number of hydrogen-bond donors (Lipinski definition) is 0. The lowest BCUT2D eigenvalue weighted by Gasteiger charge is -2.78. The quantitative estimate of drug-likeness (QED) is 0.347. The second kappa shape index (κ2) is 7.53. The minimum Gasteiger partial charge on any atom is -0.462 e. The predicted octanol–water partition coefficient (Wildman–Crippen LogP) is 9.21. The van der Waals surface area contributed by atoms with Gasteiger partial charge in [-0.25, -0.2) is 0 Å². The molecule has 0 aromatic carbocycles. The Labute approximate surface area is 217 Å². The zero-order chi connectivity index (χ0) is 25.9. The molecule has 0 amide bonds. The molecule has 0 aromatic rings. The maximum Gasteiger partial charge on any atom is 0.302 e. The van der Waals surface area contributed by atoms with Gasteiger partial charge in [0.05, 0.1) is 0 Å². The van der Waals surface area contributed by atoms with E-state index < -0.39 is 0 Å². The van der Waals surface area contributed by atoms with Gasteiger partial charge in [-0.05, 0) is 126 Å². The molecule has 2 heteroatoms. The summed E-state index contributed by atoms with van der Waals surface area (Å²) >= 11 is 0. The third-order valence-corrected chi connectivity index (χ3v) is 15.2. The number of esters is 1. The zero-order valence-corrected chi connectivity index (χ0v) is 24.9. The van der Waals surface area contributed by atoms with E-state index in [4.69, 9.17) is 4.74 Å². The first-order valence-electron chi connectivity index (χ1n) is 15.2. The van der Waals surface area contributed by atoms with Crippen molar-refractivity contribution in [3.8, 4) is 0 Å². The van der Waals surface area contributed by atoms with Crippen LogP contribution < -0.4 is 0 Å². The van der Waals surface area contributed by atoms with E-state index in [9.17, 15) is 4.79 Å². The van der Waals surface area contributed by atoms with Gasteiger partial charge in [-0.3, -0.25) is 4.79 Å². The molecule has 0 bridgehead atoms. The maximum atomic E-state index is 11.9. The molecular formula is C33H56O2. The molecule has 10 atom stereocenters. The number of carbonyl (C=O) groups excluding carboxylic acids is 1. The van der Waals surface area contributed by atoms with Gasteiger partial charge in [0.15, 0.2) is 0 Å². The lowest BCUT2D eigenvalue weighted by molar-refractivity contribution is -0.294. The fourth-order valence-corrected chi connectivity index (χ4v) is 12.1. The zero-order valence-electron chi connectivity index (χ0n) is 24.9. The van der Waals surface area contributed by atoms with E-state index in [1.165, 1.54) is 64.2 Å². The van der Waals surface area contributed by atoms with Crippen molar-refractivity contribution in [1.29, 1.82) is 0 Å². The van der Waals surface area contributed by atoms with E-state index >= 15 is 0 Å². The van der Waals surface area contributed by atoms with Gasteiger partial charge in [0.2, 0.25) is 0 Å². The molecule has 2 nitrogen and oxygen atoms in total. The molecule has 5 aliphatic rings. The average molecular weight is 485 g/mol. The molecule has 0 spiro atoms. The van der Waals surface area contributed by atoms with Crippen molar-refractivity contribution in [2.75, 3.05) is 0 Å². The van der Waals surface area contributed by atoms with E-state index in [2.05, 4.69) is 62.3 Å². The van der Waals surface area contributed by atoms with E-state index in [0.29, 0.717) is 38.4 Å². The SMILES string of the molecule is CC(=O)O[C@H]1CC[C@]2(C)[C@@H]3CC[C@@]4(C)[C@@H]5CC(C)(C)CC[C@]5(C)CC[C@@]4(C)[C@]3(C)CC[C@]2(C)[C@H]1C. The molecular weight excluding hydrogens is 428 g/mol. The Morgan fingerprint density at radius 3 is 1.89 bits per heavy atom. The lowest BCUT2D eigenvalue weighted by atomic mass is 9.27. The number of ether oxygens (including phenoxy) is 1. The Balaban J connectivity index is 1.53. The van der Waals surface area contributed by atoms with Gasteiger partial charge in [0.25, 0.3) is 0 Å². The Bertz CT molecular complexity index is 892. The van der Waals surface area contributed by atoms with Crippen LogP contribution in [0.5, 0.6) is 0 Å². The molecule has 5 saturated carbocycles. The van der Waals surface area contributed by atoms with Gasteiger partial charge < -0.3 is 4.74 Å². The normalized spacial score (nSPS) is 57.2. The molecule has 0 aromatic heterocycles. The highest BCUT2D eigenvalue weighted by Gasteiger charge is 2.74. The van der Waals surface area contributed by atoms with Crippen LogP contribution in [0.1, 0.15) is 140 Å². The highest BCUT2D eigenvalue weighted by molar-refractivity contribution is 5.66. The fraction of sp³-hybridized carbons (Fsp3) is 0.970. The Kier molecular flexibility index (Phi) is 5.61. The summed E-state index contributed by atoms with van der Waals surface area (Å²) in [5.41, 5.74) is 2.84. The molecule has 0 saturated heterocycles. The molecule has 0 aliphatic heterocycles. The van der Waals surface area contributed by atoms with Crippen molar-refractivity contribution in [2.24, 2.45) is 55.7 Å². The van der Waals surface area contributed by atoms with E-state index in [1.807, 2.05) is 0 Å². The fourth-order valence-electron chi connectivity index (χ4n) is 12.1. The second-order valence-corrected chi connectivity index (χ2v) is 16.6. The summed E-state index contributed by atoms with van der Waals surface area (Å²) in [5, 5.41) is 0.